The summed E-state index contributed by atoms with van der Waals surface area (Å²) in [6.45, 7) is 3.72. The van der Waals surface area contributed by atoms with Gasteiger partial charge in [-0.15, -0.1) is 21.5 Å². The minimum Gasteiger partial charge on any atom is -0.303 e. The molecule has 0 radical (unpaired) electrons. The second-order valence-electron chi connectivity index (χ2n) is 4.56. The summed E-state index contributed by atoms with van der Waals surface area (Å²) in [5.74, 6) is 1.75. The molecule has 2 aromatic rings. The fourth-order valence-corrected chi connectivity index (χ4v) is 3.58. The SMILES string of the molecule is C=C(Cl)CSc1nnc(Cc2cccs2)n1C1CC1. The van der Waals surface area contributed by atoms with Crippen LogP contribution >= 0.6 is 34.7 Å². The highest BCUT2D eigenvalue weighted by molar-refractivity contribution is 7.99. The Balaban J connectivity index is 1.81. The minimum absolute atomic E-state index is 0.580. The Morgan fingerprint density at radius 1 is 1.53 bits per heavy atom. The number of hydrogen-bond acceptors (Lipinski definition) is 4. The molecule has 0 saturated heterocycles. The molecule has 3 rings (SSSR count). The Morgan fingerprint density at radius 2 is 2.37 bits per heavy atom. The van der Waals surface area contributed by atoms with Gasteiger partial charge in [-0.05, 0) is 24.3 Å². The first-order valence-electron chi connectivity index (χ1n) is 6.16. The van der Waals surface area contributed by atoms with Crippen molar-refractivity contribution < 1.29 is 0 Å². The van der Waals surface area contributed by atoms with E-state index in [1.807, 2.05) is 0 Å². The Hall–Kier alpha value is -0.780. The van der Waals surface area contributed by atoms with Gasteiger partial charge in [0.15, 0.2) is 5.16 Å². The summed E-state index contributed by atoms with van der Waals surface area (Å²) in [4.78, 5) is 1.33. The molecule has 0 unspecified atom stereocenters. The average Bonchev–Trinajstić information content (AvgIpc) is 2.94. The molecule has 0 amide bonds. The van der Waals surface area contributed by atoms with Crippen molar-refractivity contribution in [3.05, 3.63) is 39.8 Å². The van der Waals surface area contributed by atoms with Gasteiger partial charge >= 0.3 is 0 Å². The van der Waals surface area contributed by atoms with Crippen molar-refractivity contribution in [3.8, 4) is 0 Å². The number of nitrogens with zero attached hydrogens (tertiary/aromatic N) is 3. The Labute approximate surface area is 125 Å². The molecule has 0 spiro atoms. The number of rotatable bonds is 6. The molecular formula is C13H14ClN3S2. The molecule has 0 aliphatic heterocycles. The molecule has 0 atom stereocenters. The van der Waals surface area contributed by atoms with Gasteiger partial charge in [-0.3, -0.25) is 0 Å². The predicted octanol–water partition coefficient (Wildman–Crippen LogP) is 4.11. The van der Waals surface area contributed by atoms with Crippen molar-refractivity contribution in [2.24, 2.45) is 0 Å². The van der Waals surface area contributed by atoms with Crippen LogP contribution in [-0.4, -0.2) is 20.5 Å². The zero-order valence-corrected chi connectivity index (χ0v) is 12.8. The highest BCUT2D eigenvalue weighted by atomic mass is 35.5. The Bertz CT molecular complexity index is 573. The summed E-state index contributed by atoms with van der Waals surface area (Å²) >= 11 is 9.21. The standard InChI is InChI=1S/C13H14ClN3S2/c1-9(14)8-19-13-16-15-12(17(13)10-4-5-10)7-11-3-2-6-18-11/h2-3,6,10H,1,4-5,7-8H2. The van der Waals surface area contributed by atoms with Crippen LogP contribution in [0, 0.1) is 0 Å². The fourth-order valence-electron chi connectivity index (χ4n) is 1.94. The van der Waals surface area contributed by atoms with Gasteiger partial charge < -0.3 is 4.57 Å². The first kappa shape index (κ1) is 13.2. The maximum Gasteiger partial charge on any atom is 0.191 e. The van der Waals surface area contributed by atoms with Crippen LogP contribution in [0.3, 0.4) is 0 Å². The van der Waals surface area contributed by atoms with Gasteiger partial charge in [0, 0.05) is 28.1 Å². The number of halogens is 1. The number of thiophene rings is 1. The molecule has 0 aromatic carbocycles. The number of hydrogen-bond donors (Lipinski definition) is 0. The van der Waals surface area contributed by atoms with Gasteiger partial charge in [0.2, 0.25) is 0 Å². The highest BCUT2D eigenvalue weighted by Gasteiger charge is 2.29. The van der Waals surface area contributed by atoms with Crippen LogP contribution in [0.15, 0.2) is 34.3 Å². The maximum atomic E-state index is 5.83. The van der Waals surface area contributed by atoms with Crippen LogP contribution < -0.4 is 0 Å². The Kier molecular flexibility index (Phi) is 3.96. The summed E-state index contributed by atoms with van der Waals surface area (Å²) in [6.07, 6.45) is 3.32. The smallest absolute Gasteiger partial charge is 0.191 e. The highest BCUT2D eigenvalue weighted by Crippen LogP contribution is 2.39. The third kappa shape index (κ3) is 3.22. The van der Waals surface area contributed by atoms with Gasteiger partial charge in [-0.2, -0.15) is 0 Å². The molecular weight excluding hydrogens is 298 g/mol. The van der Waals surface area contributed by atoms with Crippen molar-refractivity contribution in [2.45, 2.75) is 30.5 Å². The van der Waals surface area contributed by atoms with E-state index in [1.54, 1.807) is 23.1 Å². The van der Waals surface area contributed by atoms with E-state index in [4.69, 9.17) is 11.6 Å². The van der Waals surface area contributed by atoms with Crippen LogP contribution in [0.4, 0.5) is 0 Å². The van der Waals surface area contributed by atoms with Crippen molar-refractivity contribution in [2.75, 3.05) is 5.75 Å². The predicted molar refractivity (Wildman–Crippen MR) is 81.1 cm³/mol. The summed E-state index contributed by atoms with van der Waals surface area (Å²) in [5.41, 5.74) is 0. The molecule has 1 aliphatic carbocycles. The van der Waals surface area contributed by atoms with E-state index in [2.05, 4.69) is 38.9 Å². The molecule has 0 bridgehead atoms. The van der Waals surface area contributed by atoms with Gasteiger partial charge in [0.05, 0.1) is 0 Å². The molecule has 3 nitrogen and oxygen atoms in total. The van der Waals surface area contributed by atoms with E-state index < -0.39 is 0 Å². The summed E-state index contributed by atoms with van der Waals surface area (Å²) in [6, 6.07) is 4.80. The van der Waals surface area contributed by atoms with Crippen molar-refractivity contribution >= 4 is 34.7 Å². The maximum absolute atomic E-state index is 5.83. The second-order valence-corrected chi connectivity index (χ2v) is 7.07. The largest absolute Gasteiger partial charge is 0.303 e. The molecule has 1 aliphatic rings. The normalized spacial score (nSPS) is 14.8. The molecule has 19 heavy (non-hydrogen) atoms. The zero-order chi connectivity index (χ0) is 13.2. The number of thioether (sulfide) groups is 1. The van der Waals surface area contributed by atoms with Gasteiger partial charge in [-0.25, -0.2) is 0 Å². The van der Waals surface area contributed by atoms with E-state index >= 15 is 0 Å². The lowest BCUT2D eigenvalue weighted by molar-refractivity contribution is 0.635. The van der Waals surface area contributed by atoms with Gasteiger partial charge in [-0.1, -0.05) is 36.0 Å². The summed E-state index contributed by atoms with van der Waals surface area (Å²) in [5, 5.41) is 12.4. The second kappa shape index (κ2) is 5.69. The molecule has 2 aromatic heterocycles. The molecule has 0 N–H and O–H groups in total. The van der Waals surface area contributed by atoms with Crippen LogP contribution in [0.1, 0.15) is 29.6 Å². The Morgan fingerprint density at radius 3 is 3.00 bits per heavy atom. The lowest BCUT2D eigenvalue weighted by Crippen LogP contribution is -2.03. The quantitative estimate of drug-likeness (QED) is 0.752. The van der Waals surface area contributed by atoms with Crippen LogP contribution in [0.2, 0.25) is 0 Å². The third-order valence-corrected chi connectivity index (χ3v) is 5.12. The first-order chi connectivity index (χ1) is 9.24. The fraction of sp³-hybridized carbons (Fsp3) is 0.385. The molecule has 1 saturated carbocycles. The van der Waals surface area contributed by atoms with Crippen LogP contribution in [0.5, 0.6) is 0 Å². The van der Waals surface area contributed by atoms with E-state index in [-0.39, 0.29) is 0 Å². The average molecular weight is 312 g/mol. The van der Waals surface area contributed by atoms with E-state index in [1.165, 1.54) is 17.7 Å². The topological polar surface area (TPSA) is 30.7 Å². The van der Waals surface area contributed by atoms with E-state index in [0.717, 1.165) is 17.4 Å². The summed E-state index contributed by atoms with van der Waals surface area (Å²) in [7, 11) is 0. The van der Waals surface area contributed by atoms with E-state index in [0.29, 0.717) is 16.8 Å². The molecule has 6 heteroatoms. The molecule has 2 heterocycles. The minimum atomic E-state index is 0.580. The lowest BCUT2D eigenvalue weighted by atomic mass is 10.3. The van der Waals surface area contributed by atoms with Crippen molar-refractivity contribution in [1.29, 1.82) is 0 Å². The van der Waals surface area contributed by atoms with Crippen LogP contribution in [-0.2, 0) is 6.42 Å². The first-order valence-corrected chi connectivity index (χ1v) is 8.40. The summed E-state index contributed by atoms with van der Waals surface area (Å²) < 4.78 is 2.28. The lowest BCUT2D eigenvalue weighted by Gasteiger charge is -2.07. The van der Waals surface area contributed by atoms with Crippen molar-refractivity contribution in [1.82, 2.24) is 14.8 Å². The van der Waals surface area contributed by atoms with E-state index in [9.17, 15) is 0 Å². The van der Waals surface area contributed by atoms with Crippen LogP contribution in [0.25, 0.3) is 0 Å². The zero-order valence-electron chi connectivity index (χ0n) is 10.4. The molecule has 100 valence electrons. The number of aromatic nitrogens is 3. The third-order valence-electron chi connectivity index (χ3n) is 2.92. The monoisotopic (exact) mass is 311 g/mol. The molecule has 1 fully saturated rings. The van der Waals surface area contributed by atoms with Gasteiger partial charge in [0.1, 0.15) is 5.82 Å². The van der Waals surface area contributed by atoms with Crippen molar-refractivity contribution in [3.63, 3.8) is 0 Å². The van der Waals surface area contributed by atoms with Gasteiger partial charge in [0.25, 0.3) is 0 Å².